The number of methoxy groups -OCH3 is 1. The van der Waals surface area contributed by atoms with Crippen molar-refractivity contribution in [3.05, 3.63) is 70.6 Å². The number of halogens is 2. The minimum atomic E-state index is -0.622. The Morgan fingerprint density at radius 3 is 2.82 bits per heavy atom. The zero-order valence-electron chi connectivity index (χ0n) is 18.4. The van der Waals surface area contributed by atoms with Crippen LogP contribution in [-0.4, -0.2) is 49.6 Å². The molecule has 0 aliphatic carbocycles. The zero-order valence-corrected chi connectivity index (χ0v) is 19.2. The SMILES string of the molecule is COc1cc(C(=O)N2CCC[C@H]2c2nc(-c3cccc(Cl)c3C)no2)c(-n2nccn2)cc1F. The van der Waals surface area contributed by atoms with Crippen molar-refractivity contribution >= 4 is 17.5 Å². The summed E-state index contributed by atoms with van der Waals surface area (Å²) in [6.45, 7) is 2.36. The first kappa shape index (κ1) is 22.0. The minimum absolute atomic E-state index is 0.0495. The number of aromatic nitrogens is 5. The van der Waals surface area contributed by atoms with E-state index in [1.165, 1.54) is 36.4 Å². The fourth-order valence-electron chi connectivity index (χ4n) is 4.13. The first-order chi connectivity index (χ1) is 16.5. The fraction of sp³-hybridized carbons (Fsp3) is 0.261. The molecule has 3 heterocycles. The van der Waals surface area contributed by atoms with E-state index in [9.17, 15) is 9.18 Å². The van der Waals surface area contributed by atoms with E-state index < -0.39 is 11.9 Å². The van der Waals surface area contributed by atoms with Crippen molar-refractivity contribution in [2.75, 3.05) is 13.7 Å². The molecule has 0 bridgehead atoms. The second-order valence-corrected chi connectivity index (χ2v) is 8.25. The second kappa shape index (κ2) is 8.86. The third-order valence-corrected chi connectivity index (χ3v) is 6.29. The second-order valence-electron chi connectivity index (χ2n) is 7.85. The maximum Gasteiger partial charge on any atom is 0.256 e. The number of hydrogen-bond donors (Lipinski definition) is 0. The molecule has 1 aliphatic rings. The molecular formula is C23H20ClFN6O3. The van der Waals surface area contributed by atoms with Crippen molar-refractivity contribution in [1.29, 1.82) is 0 Å². The van der Waals surface area contributed by atoms with Gasteiger partial charge in [0.15, 0.2) is 11.6 Å². The van der Waals surface area contributed by atoms with Crippen LogP contribution < -0.4 is 4.74 Å². The average Bonchev–Trinajstić information content (AvgIpc) is 3.61. The van der Waals surface area contributed by atoms with Gasteiger partial charge in [0.05, 0.1) is 25.1 Å². The Labute approximate surface area is 199 Å². The van der Waals surface area contributed by atoms with Crippen molar-refractivity contribution in [2.45, 2.75) is 25.8 Å². The molecule has 0 N–H and O–H groups in total. The molecule has 1 saturated heterocycles. The summed E-state index contributed by atoms with van der Waals surface area (Å²) in [4.78, 5) is 21.1. The van der Waals surface area contributed by atoms with Gasteiger partial charge >= 0.3 is 0 Å². The van der Waals surface area contributed by atoms with Gasteiger partial charge < -0.3 is 14.2 Å². The maximum atomic E-state index is 14.5. The van der Waals surface area contributed by atoms with Crippen LogP contribution in [-0.2, 0) is 0 Å². The number of hydrogen-bond acceptors (Lipinski definition) is 7. The highest BCUT2D eigenvalue weighted by atomic mass is 35.5. The zero-order chi connectivity index (χ0) is 23.8. The molecular weight excluding hydrogens is 463 g/mol. The number of rotatable bonds is 5. The lowest BCUT2D eigenvalue weighted by Crippen LogP contribution is -2.31. The Kier molecular flexibility index (Phi) is 5.74. The predicted octanol–water partition coefficient (Wildman–Crippen LogP) is 4.40. The van der Waals surface area contributed by atoms with Crippen molar-refractivity contribution in [3.8, 4) is 22.8 Å². The van der Waals surface area contributed by atoms with Crippen molar-refractivity contribution < 1.29 is 18.4 Å². The molecule has 5 rings (SSSR count). The summed E-state index contributed by atoms with van der Waals surface area (Å²) in [5.74, 6) is -0.284. The van der Waals surface area contributed by atoms with Gasteiger partial charge in [-0.3, -0.25) is 4.79 Å². The van der Waals surface area contributed by atoms with Crippen molar-refractivity contribution in [3.63, 3.8) is 0 Å². The largest absolute Gasteiger partial charge is 0.494 e. The number of likely N-dealkylation sites (tertiary alicyclic amines) is 1. The molecule has 11 heteroatoms. The van der Waals surface area contributed by atoms with Crippen LogP contribution in [0.5, 0.6) is 5.75 Å². The summed E-state index contributed by atoms with van der Waals surface area (Å²) in [5, 5.41) is 12.8. The number of carbonyl (C=O) groups is 1. The molecule has 1 aliphatic heterocycles. The van der Waals surface area contributed by atoms with Crippen LogP contribution in [0.3, 0.4) is 0 Å². The minimum Gasteiger partial charge on any atom is -0.494 e. The predicted molar refractivity (Wildman–Crippen MR) is 120 cm³/mol. The first-order valence-electron chi connectivity index (χ1n) is 10.6. The summed E-state index contributed by atoms with van der Waals surface area (Å²) < 4.78 is 25.1. The Morgan fingerprint density at radius 1 is 1.26 bits per heavy atom. The van der Waals surface area contributed by atoms with E-state index in [1.54, 1.807) is 11.0 Å². The lowest BCUT2D eigenvalue weighted by Gasteiger charge is -2.23. The van der Waals surface area contributed by atoms with E-state index >= 15 is 0 Å². The maximum absolute atomic E-state index is 14.5. The molecule has 0 unspecified atom stereocenters. The average molecular weight is 483 g/mol. The topological polar surface area (TPSA) is 99.2 Å². The monoisotopic (exact) mass is 482 g/mol. The van der Waals surface area contributed by atoms with Gasteiger partial charge in [-0.05, 0) is 37.5 Å². The Balaban J connectivity index is 1.50. The van der Waals surface area contributed by atoms with Crippen LogP contribution in [0.15, 0.2) is 47.2 Å². The molecule has 0 spiro atoms. The van der Waals surface area contributed by atoms with E-state index in [-0.39, 0.29) is 22.9 Å². The summed E-state index contributed by atoms with van der Waals surface area (Å²) in [5.41, 5.74) is 2.01. The molecule has 1 fully saturated rings. The third-order valence-electron chi connectivity index (χ3n) is 5.88. The smallest absolute Gasteiger partial charge is 0.256 e. The molecule has 2 aromatic carbocycles. The van der Waals surface area contributed by atoms with Crippen LogP contribution in [0.4, 0.5) is 4.39 Å². The van der Waals surface area contributed by atoms with Gasteiger partial charge in [-0.25, -0.2) is 4.39 Å². The van der Waals surface area contributed by atoms with E-state index in [0.29, 0.717) is 29.7 Å². The molecule has 174 valence electrons. The molecule has 1 atom stereocenters. The number of nitrogens with zero attached hydrogens (tertiary/aromatic N) is 6. The Hall–Kier alpha value is -3.79. The van der Waals surface area contributed by atoms with Crippen LogP contribution in [0.2, 0.25) is 5.02 Å². The number of benzene rings is 2. The van der Waals surface area contributed by atoms with Gasteiger partial charge in [0.2, 0.25) is 11.7 Å². The lowest BCUT2D eigenvalue weighted by molar-refractivity contribution is 0.0709. The van der Waals surface area contributed by atoms with E-state index in [1.807, 2.05) is 19.1 Å². The summed E-state index contributed by atoms with van der Waals surface area (Å²) >= 11 is 6.23. The number of amides is 1. The normalized spacial score (nSPS) is 15.6. The van der Waals surface area contributed by atoms with Crippen LogP contribution >= 0.6 is 11.6 Å². The van der Waals surface area contributed by atoms with Gasteiger partial charge in [-0.2, -0.15) is 20.0 Å². The highest BCUT2D eigenvalue weighted by Gasteiger charge is 2.36. The highest BCUT2D eigenvalue weighted by Crippen LogP contribution is 2.36. The van der Waals surface area contributed by atoms with Gasteiger partial charge in [0.1, 0.15) is 11.7 Å². The highest BCUT2D eigenvalue weighted by molar-refractivity contribution is 6.31. The Bertz CT molecular complexity index is 1360. The van der Waals surface area contributed by atoms with Gasteiger partial charge in [0.25, 0.3) is 5.91 Å². The number of carbonyl (C=O) groups excluding carboxylic acids is 1. The quantitative estimate of drug-likeness (QED) is 0.415. The summed E-state index contributed by atoms with van der Waals surface area (Å²) in [7, 11) is 1.34. The first-order valence-corrected chi connectivity index (χ1v) is 11.0. The fourth-order valence-corrected chi connectivity index (χ4v) is 4.30. The van der Waals surface area contributed by atoms with E-state index in [2.05, 4.69) is 20.3 Å². The molecule has 9 nitrogen and oxygen atoms in total. The molecule has 34 heavy (non-hydrogen) atoms. The molecule has 1 amide bonds. The number of ether oxygens (including phenoxy) is 1. The van der Waals surface area contributed by atoms with Crippen LogP contribution in [0.25, 0.3) is 17.1 Å². The molecule has 0 radical (unpaired) electrons. The molecule has 4 aromatic rings. The molecule has 0 saturated carbocycles. The van der Waals surface area contributed by atoms with Crippen molar-refractivity contribution in [2.24, 2.45) is 0 Å². The standard InChI is InChI=1S/C23H20ClFN6O3/c1-13-14(5-3-6-16(13)24)21-28-22(34-29-21)18-7-4-10-30(18)23(32)15-11-20(33-2)17(25)12-19(15)31-26-8-9-27-31/h3,5-6,8-9,11-12,18H,4,7,10H2,1-2H3/t18-/m0/s1. The van der Waals surface area contributed by atoms with E-state index in [4.69, 9.17) is 20.9 Å². The van der Waals surface area contributed by atoms with Crippen LogP contribution in [0.1, 0.15) is 40.7 Å². The lowest BCUT2D eigenvalue weighted by atomic mass is 10.1. The van der Waals surface area contributed by atoms with E-state index in [0.717, 1.165) is 17.5 Å². The Morgan fingerprint density at radius 2 is 2.06 bits per heavy atom. The van der Waals surface area contributed by atoms with Gasteiger partial charge in [0, 0.05) is 23.2 Å². The summed E-state index contributed by atoms with van der Waals surface area (Å²) in [6.07, 6.45) is 4.30. The van der Waals surface area contributed by atoms with Crippen LogP contribution in [0, 0.1) is 12.7 Å². The van der Waals surface area contributed by atoms with Gasteiger partial charge in [-0.1, -0.05) is 28.9 Å². The summed E-state index contributed by atoms with van der Waals surface area (Å²) in [6, 6.07) is 7.59. The van der Waals surface area contributed by atoms with Gasteiger partial charge in [-0.15, -0.1) is 0 Å². The third kappa shape index (κ3) is 3.79. The van der Waals surface area contributed by atoms with Crippen molar-refractivity contribution in [1.82, 2.24) is 30.0 Å². The molecule has 2 aromatic heterocycles.